The molecule has 3 heteroatoms. The Morgan fingerprint density at radius 3 is 2.64 bits per heavy atom. The van der Waals surface area contributed by atoms with Crippen molar-refractivity contribution in [3.8, 4) is 0 Å². The number of fused-ring (bicyclic) bond motifs is 1. The first-order valence-electron chi connectivity index (χ1n) is 7.95. The molecule has 0 bridgehead atoms. The van der Waals surface area contributed by atoms with Crippen molar-refractivity contribution in [2.75, 3.05) is 6.54 Å². The lowest BCUT2D eigenvalue weighted by Crippen LogP contribution is -2.44. The molecule has 0 spiro atoms. The predicted molar refractivity (Wildman–Crippen MR) is 88.9 cm³/mol. The second-order valence-corrected chi connectivity index (χ2v) is 5.80. The van der Waals surface area contributed by atoms with Crippen LogP contribution in [0, 0.1) is 0 Å². The van der Waals surface area contributed by atoms with Gasteiger partial charge < -0.3 is 10.6 Å². The molecule has 3 rings (SSSR count). The van der Waals surface area contributed by atoms with Gasteiger partial charge in [-0.1, -0.05) is 49.4 Å². The Kier molecular flexibility index (Phi) is 4.54. The van der Waals surface area contributed by atoms with Crippen LogP contribution in [0.1, 0.15) is 40.9 Å². The fraction of sp³-hybridized carbons (Fsp3) is 0.316. The highest BCUT2D eigenvalue weighted by Gasteiger charge is 2.25. The minimum Gasteiger partial charge on any atom is -0.350 e. The smallest absolute Gasteiger partial charge is 0.251 e. The average Bonchev–Trinajstić information content (AvgIpc) is 2.59. The number of rotatable bonds is 4. The van der Waals surface area contributed by atoms with Gasteiger partial charge in [0.05, 0.1) is 6.04 Å². The Morgan fingerprint density at radius 1 is 1.14 bits per heavy atom. The van der Waals surface area contributed by atoms with Crippen molar-refractivity contribution in [2.45, 2.75) is 31.8 Å². The van der Waals surface area contributed by atoms with Crippen molar-refractivity contribution in [1.82, 2.24) is 10.6 Å². The number of amides is 1. The topological polar surface area (TPSA) is 41.1 Å². The Hall–Kier alpha value is -2.13. The Balaban J connectivity index is 1.71. The van der Waals surface area contributed by atoms with Crippen LogP contribution in [-0.4, -0.2) is 18.5 Å². The number of benzene rings is 2. The van der Waals surface area contributed by atoms with Crippen LogP contribution in [0.3, 0.4) is 0 Å². The van der Waals surface area contributed by atoms with Gasteiger partial charge in [0.2, 0.25) is 0 Å². The van der Waals surface area contributed by atoms with Gasteiger partial charge in [0, 0.05) is 18.2 Å². The van der Waals surface area contributed by atoms with Crippen molar-refractivity contribution in [1.29, 1.82) is 0 Å². The van der Waals surface area contributed by atoms with Crippen molar-refractivity contribution in [3.63, 3.8) is 0 Å². The second-order valence-electron chi connectivity index (χ2n) is 5.80. The van der Waals surface area contributed by atoms with E-state index in [-0.39, 0.29) is 11.9 Å². The van der Waals surface area contributed by atoms with E-state index in [2.05, 4.69) is 41.8 Å². The third-order valence-corrected chi connectivity index (χ3v) is 4.33. The zero-order valence-corrected chi connectivity index (χ0v) is 12.9. The zero-order valence-electron chi connectivity index (χ0n) is 12.9. The highest BCUT2D eigenvalue weighted by molar-refractivity contribution is 5.94. The summed E-state index contributed by atoms with van der Waals surface area (Å²) in [6.45, 7) is 2.81. The van der Waals surface area contributed by atoms with E-state index in [1.54, 1.807) is 0 Å². The maximum Gasteiger partial charge on any atom is 0.251 e. The maximum absolute atomic E-state index is 12.2. The van der Waals surface area contributed by atoms with Gasteiger partial charge in [0.15, 0.2) is 0 Å². The molecule has 2 aromatic carbocycles. The first-order chi connectivity index (χ1) is 10.8. The molecule has 1 amide bonds. The van der Waals surface area contributed by atoms with Crippen LogP contribution < -0.4 is 10.6 Å². The van der Waals surface area contributed by atoms with E-state index in [4.69, 9.17) is 0 Å². The van der Waals surface area contributed by atoms with Crippen LogP contribution >= 0.6 is 0 Å². The summed E-state index contributed by atoms with van der Waals surface area (Å²) in [5, 5.41) is 6.70. The van der Waals surface area contributed by atoms with Crippen molar-refractivity contribution < 1.29 is 4.79 Å². The van der Waals surface area contributed by atoms with E-state index in [0.29, 0.717) is 18.2 Å². The summed E-state index contributed by atoms with van der Waals surface area (Å²) < 4.78 is 0. The minimum absolute atomic E-state index is 0.0153. The molecule has 2 atom stereocenters. The Morgan fingerprint density at radius 2 is 1.86 bits per heavy atom. The van der Waals surface area contributed by atoms with E-state index < -0.39 is 0 Å². The molecular weight excluding hydrogens is 272 g/mol. The SMILES string of the molecule is CCC1Cc2ccccc2C(CNC(=O)c2ccccc2)N1. The summed E-state index contributed by atoms with van der Waals surface area (Å²) >= 11 is 0. The van der Waals surface area contributed by atoms with Gasteiger partial charge in [0.25, 0.3) is 5.91 Å². The summed E-state index contributed by atoms with van der Waals surface area (Å²) in [5.74, 6) is -0.0153. The van der Waals surface area contributed by atoms with E-state index >= 15 is 0 Å². The molecule has 0 aliphatic carbocycles. The minimum atomic E-state index is -0.0153. The molecule has 1 heterocycles. The first kappa shape index (κ1) is 14.8. The summed E-state index contributed by atoms with van der Waals surface area (Å²) in [4.78, 5) is 12.2. The highest BCUT2D eigenvalue weighted by atomic mass is 16.1. The Labute approximate surface area is 131 Å². The number of hydrogen-bond donors (Lipinski definition) is 2. The third kappa shape index (κ3) is 3.20. The van der Waals surface area contributed by atoms with E-state index in [1.165, 1.54) is 11.1 Å². The molecule has 0 fully saturated rings. The van der Waals surface area contributed by atoms with Gasteiger partial charge >= 0.3 is 0 Å². The molecule has 114 valence electrons. The van der Waals surface area contributed by atoms with Gasteiger partial charge in [0.1, 0.15) is 0 Å². The van der Waals surface area contributed by atoms with Gasteiger partial charge in [-0.2, -0.15) is 0 Å². The van der Waals surface area contributed by atoms with Gasteiger partial charge in [-0.3, -0.25) is 4.79 Å². The second kappa shape index (κ2) is 6.75. The molecular formula is C19H22N2O. The van der Waals surface area contributed by atoms with Gasteiger partial charge in [-0.05, 0) is 36.1 Å². The lowest BCUT2D eigenvalue weighted by Gasteiger charge is -2.33. The lowest BCUT2D eigenvalue weighted by atomic mass is 9.89. The number of carbonyl (C=O) groups is 1. The van der Waals surface area contributed by atoms with E-state index in [0.717, 1.165) is 12.8 Å². The average molecular weight is 294 g/mol. The van der Waals surface area contributed by atoms with Gasteiger partial charge in [-0.25, -0.2) is 0 Å². The van der Waals surface area contributed by atoms with Crippen molar-refractivity contribution in [3.05, 3.63) is 71.3 Å². The summed E-state index contributed by atoms with van der Waals surface area (Å²) in [5.41, 5.74) is 3.41. The number of carbonyl (C=O) groups excluding carboxylic acids is 1. The molecule has 2 aromatic rings. The molecule has 1 aliphatic heterocycles. The molecule has 22 heavy (non-hydrogen) atoms. The molecule has 0 saturated carbocycles. The summed E-state index contributed by atoms with van der Waals surface area (Å²) in [6.07, 6.45) is 2.16. The molecule has 2 N–H and O–H groups in total. The van der Waals surface area contributed by atoms with E-state index in [1.807, 2.05) is 30.3 Å². The Bertz CT molecular complexity index is 639. The largest absolute Gasteiger partial charge is 0.350 e. The molecule has 3 nitrogen and oxygen atoms in total. The quantitative estimate of drug-likeness (QED) is 0.910. The van der Waals surface area contributed by atoms with E-state index in [9.17, 15) is 4.79 Å². The van der Waals surface area contributed by atoms with Gasteiger partial charge in [-0.15, -0.1) is 0 Å². The summed E-state index contributed by atoms with van der Waals surface area (Å²) in [6, 6.07) is 18.6. The maximum atomic E-state index is 12.2. The number of nitrogens with one attached hydrogen (secondary N) is 2. The molecule has 0 aromatic heterocycles. The fourth-order valence-electron chi connectivity index (χ4n) is 3.08. The molecule has 1 aliphatic rings. The molecule has 0 radical (unpaired) electrons. The fourth-order valence-corrected chi connectivity index (χ4v) is 3.08. The molecule has 2 unspecified atom stereocenters. The predicted octanol–water partition coefficient (Wildman–Crippen LogP) is 3.08. The standard InChI is InChI=1S/C19H22N2O/c1-2-16-12-15-10-6-7-11-17(15)18(21-16)13-20-19(22)14-8-4-3-5-9-14/h3-11,16,18,21H,2,12-13H2,1H3,(H,20,22). The van der Waals surface area contributed by atoms with Crippen LogP contribution in [0.25, 0.3) is 0 Å². The zero-order chi connectivity index (χ0) is 15.4. The van der Waals surface area contributed by atoms with Crippen LogP contribution in [0.15, 0.2) is 54.6 Å². The first-order valence-corrected chi connectivity index (χ1v) is 7.95. The summed E-state index contributed by atoms with van der Waals surface area (Å²) in [7, 11) is 0. The third-order valence-electron chi connectivity index (χ3n) is 4.33. The monoisotopic (exact) mass is 294 g/mol. The van der Waals surface area contributed by atoms with Crippen molar-refractivity contribution >= 4 is 5.91 Å². The van der Waals surface area contributed by atoms with Crippen LogP contribution in [0.2, 0.25) is 0 Å². The normalized spacial score (nSPS) is 20.2. The van der Waals surface area contributed by atoms with Crippen molar-refractivity contribution in [2.24, 2.45) is 0 Å². The van der Waals surface area contributed by atoms with Crippen LogP contribution in [-0.2, 0) is 6.42 Å². The lowest BCUT2D eigenvalue weighted by molar-refractivity contribution is 0.0948. The van der Waals surface area contributed by atoms with Crippen LogP contribution in [0.4, 0.5) is 0 Å². The highest BCUT2D eigenvalue weighted by Crippen LogP contribution is 2.25. The molecule has 0 saturated heterocycles. The van der Waals surface area contributed by atoms with Crippen LogP contribution in [0.5, 0.6) is 0 Å². The number of hydrogen-bond acceptors (Lipinski definition) is 2.